The molecular weight excluding hydrogens is 209 g/mol. The molecule has 76 valence electrons. The number of benzene rings is 1. The first-order chi connectivity index (χ1) is 6.60. The van der Waals surface area contributed by atoms with Crippen molar-refractivity contribution in [1.82, 2.24) is 0 Å². The van der Waals surface area contributed by atoms with Crippen LogP contribution < -0.4 is 10.5 Å². The van der Waals surface area contributed by atoms with E-state index in [9.17, 15) is 9.18 Å². The maximum Gasteiger partial charge on any atom is 0.178 e. The molecule has 0 aromatic heterocycles. The third-order valence-electron chi connectivity index (χ3n) is 1.72. The lowest BCUT2D eigenvalue weighted by atomic mass is 10.1. The van der Waals surface area contributed by atoms with Gasteiger partial charge >= 0.3 is 0 Å². The number of carbonyl (C=O) groups excluding carboxylic acids is 1. The number of rotatable bonds is 3. The summed E-state index contributed by atoms with van der Waals surface area (Å²) in [7, 11) is 1.37. The Balaban J connectivity index is 3.27. The molecule has 0 bridgehead atoms. The third kappa shape index (κ3) is 2.02. The molecule has 0 atom stereocenters. The Hall–Kier alpha value is -1.13. The second-order valence-electron chi connectivity index (χ2n) is 2.60. The second-order valence-corrected chi connectivity index (χ2v) is 2.98. The summed E-state index contributed by atoms with van der Waals surface area (Å²) in [6.07, 6.45) is 0. The monoisotopic (exact) mass is 217 g/mol. The third-order valence-corrected chi connectivity index (χ3v) is 2.11. The normalized spacial score (nSPS) is 10.0. The molecule has 0 aliphatic carbocycles. The lowest BCUT2D eigenvalue weighted by Gasteiger charge is -2.06. The van der Waals surface area contributed by atoms with Gasteiger partial charge in [0, 0.05) is 11.6 Å². The molecule has 2 N–H and O–H groups in total. The molecule has 0 fully saturated rings. The smallest absolute Gasteiger partial charge is 0.178 e. The number of ether oxygens (including phenoxy) is 1. The molecule has 0 unspecified atom stereocenters. The minimum atomic E-state index is -0.692. The molecule has 1 aromatic carbocycles. The minimum absolute atomic E-state index is 0.0472. The van der Waals surface area contributed by atoms with Gasteiger partial charge in [0.05, 0.1) is 18.7 Å². The molecule has 0 aliphatic heterocycles. The van der Waals surface area contributed by atoms with Crippen LogP contribution in [0.1, 0.15) is 10.4 Å². The first kappa shape index (κ1) is 10.9. The number of hydrogen-bond acceptors (Lipinski definition) is 3. The van der Waals surface area contributed by atoms with Gasteiger partial charge in [-0.1, -0.05) is 11.6 Å². The highest BCUT2D eigenvalue weighted by Crippen LogP contribution is 2.25. The standard InChI is InChI=1S/C9H9ClFNO2/c1-14-5-2-6(8(13)4-12)9(10)7(11)3-5/h2-3H,4,12H2,1H3. The Morgan fingerprint density at radius 2 is 2.29 bits per heavy atom. The van der Waals surface area contributed by atoms with Crippen LogP contribution in [0.2, 0.25) is 5.02 Å². The Morgan fingerprint density at radius 1 is 1.64 bits per heavy atom. The summed E-state index contributed by atoms with van der Waals surface area (Å²) in [4.78, 5) is 11.2. The molecule has 14 heavy (non-hydrogen) atoms. The molecule has 0 aliphatic rings. The minimum Gasteiger partial charge on any atom is -0.497 e. The van der Waals surface area contributed by atoms with E-state index in [1.807, 2.05) is 0 Å². The zero-order chi connectivity index (χ0) is 10.7. The van der Waals surface area contributed by atoms with Crippen LogP contribution in [0.5, 0.6) is 5.75 Å². The van der Waals surface area contributed by atoms with Gasteiger partial charge in [-0.3, -0.25) is 4.79 Å². The van der Waals surface area contributed by atoms with Crippen LogP contribution in [0.4, 0.5) is 4.39 Å². The topological polar surface area (TPSA) is 52.3 Å². The number of carbonyl (C=O) groups is 1. The number of Topliss-reactive ketones (excluding diaryl/α,β-unsaturated/α-hetero) is 1. The highest BCUT2D eigenvalue weighted by atomic mass is 35.5. The van der Waals surface area contributed by atoms with Crippen molar-refractivity contribution in [3.8, 4) is 5.75 Å². The van der Waals surface area contributed by atoms with E-state index in [2.05, 4.69) is 0 Å². The first-order valence-electron chi connectivity index (χ1n) is 3.86. The number of nitrogens with two attached hydrogens (primary N) is 1. The molecule has 0 saturated carbocycles. The number of ketones is 1. The van der Waals surface area contributed by atoms with E-state index < -0.39 is 11.6 Å². The molecule has 0 heterocycles. The summed E-state index contributed by atoms with van der Waals surface area (Å²) < 4.78 is 17.9. The van der Waals surface area contributed by atoms with E-state index in [4.69, 9.17) is 22.1 Å². The molecule has 5 heteroatoms. The molecule has 0 saturated heterocycles. The van der Waals surface area contributed by atoms with Crippen LogP contribution >= 0.6 is 11.6 Å². The van der Waals surface area contributed by atoms with Crippen molar-refractivity contribution in [3.63, 3.8) is 0 Å². The van der Waals surface area contributed by atoms with Gasteiger partial charge < -0.3 is 10.5 Å². The summed E-state index contributed by atoms with van der Waals surface area (Å²) >= 11 is 5.59. The summed E-state index contributed by atoms with van der Waals surface area (Å²) in [6, 6.07) is 2.47. The van der Waals surface area contributed by atoms with Crippen molar-refractivity contribution in [2.45, 2.75) is 0 Å². The van der Waals surface area contributed by atoms with Crippen LogP contribution in [0.3, 0.4) is 0 Å². The van der Waals surface area contributed by atoms with Crippen molar-refractivity contribution in [2.75, 3.05) is 13.7 Å². The van der Waals surface area contributed by atoms with Crippen LogP contribution in [-0.4, -0.2) is 19.4 Å². The summed E-state index contributed by atoms with van der Waals surface area (Å²) in [5.41, 5.74) is 5.19. The number of methoxy groups -OCH3 is 1. The largest absolute Gasteiger partial charge is 0.497 e. The Kier molecular flexibility index (Phi) is 3.43. The van der Waals surface area contributed by atoms with Crippen molar-refractivity contribution in [1.29, 1.82) is 0 Å². The molecular formula is C9H9ClFNO2. The van der Waals surface area contributed by atoms with Gasteiger partial charge in [-0.15, -0.1) is 0 Å². The SMILES string of the molecule is COc1cc(F)c(Cl)c(C(=O)CN)c1. The summed E-state index contributed by atoms with van der Waals surface area (Å²) in [5.74, 6) is -0.876. The van der Waals surface area contributed by atoms with Crippen molar-refractivity contribution in [3.05, 3.63) is 28.5 Å². The summed E-state index contributed by atoms with van der Waals surface area (Å²) in [6.45, 7) is -0.216. The molecule has 1 aromatic rings. The van der Waals surface area contributed by atoms with Crippen LogP contribution in [0, 0.1) is 5.82 Å². The van der Waals surface area contributed by atoms with Gasteiger partial charge in [-0.25, -0.2) is 4.39 Å². The van der Waals surface area contributed by atoms with Gasteiger partial charge in [0.1, 0.15) is 11.6 Å². The maximum absolute atomic E-state index is 13.1. The Bertz CT molecular complexity index is 368. The fraction of sp³-hybridized carbons (Fsp3) is 0.222. The molecule has 0 spiro atoms. The van der Waals surface area contributed by atoms with Crippen molar-refractivity contribution in [2.24, 2.45) is 5.73 Å². The average Bonchev–Trinajstić information content (AvgIpc) is 2.20. The van der Waals surface area contributed by atoms with Gasteiger partial charge in [0.25, 0.3) is 0 Å². The fourth-order valence-electron chi connectivity index (χ4n) is 0.995. The van der Waals surface area contributed by atoms with Gasteiger partial charge in [-0.05, 0) is 6.07 Å². The van der Waals surface area contributed by atoms with Crippen LogP contribution in [0.25, 0.3) is 0 Å². The van der Waals surface area contributed by atoms with E-state index in [0.29, 0.717) is 0 Å². The fourth-order valence-corrected chi connectivity index (χ4v) is 1.21. The molecule has 1 rings (SSSR count). The maximum atomic E-state index is 13.1. The quantitative estimate of drug-likeness (QED) is 0.783. The van der Waals surface area contributed by atoms with Crippen molar-refractivity contribution >= 4 is 17.4 Å². The van der Waals surface area contributed by atoms with E-state index in [-0.39, 0.29) is 22.9 Å². The zero-order valence-corrected chi connectivity index (χ0v) is 8.27. The summed E-state index contributed by atoms with van der Waals surface area (Å²) in [5, 5.41) is -0.221. The lowest BCUT2D eigenvalue weighted by molar-refractivity contribution is 0.100. The Labute approximate surface area is 85.6 Å². The molecule has 3 nitrogen and oxygen atoms in total. The van der Waals surface area contributed by atoms with Crippen molar-refractivity contribution < 1.29 is 13.9 Å². The van der Waals surface area contributed by atoms with Gasteiger partial charge in [0.2, 0.25) is 0 Å². The van der Waals surface area contributed by atoms with E-state index >= 15 is 0 Å². The van der Waals surface area contributed by atoms with Gasteiger partial charge in [0.15, 0.2) is 5.78 Å². The zero-order valence-electron chi connectivity index (χ0n) is 7.51. The Morgan fingerprint density at radius 3 is 2.79 bits per heavy atom. The van der Waals surface area contributed by atoms with E-state index in [1.165, 1.54) is 13.2 Å². The molecule has 0 amide bonds. The second kappa shape index (κ2) is 4.39. The van der Waals surface area contributed by atoms with Crippen LogP contribution in [-0.2, 0) is 0 Å². The first-order valence-corrected chi connectivity index (χ1v) is 4.24. The lowest BCUT2D eigenvalue weighted by Crippen LogP contribution is -2.14. The van der Waals surface area contributed by atoms with E-state index in [0.717, 1.165) is 6.07 Å². The number of halogens is 2. The van der Waals surface area contributed by atoms with E-state index in [1.54, 1.807) is 0 Å². The highest BCUT2D eigenvalue weighted by molar-refractivity contribution is 6.34. The average molecular weight is 218 g/mol. The highest BCUT2D eigenvalue weighted by Gasteiger charge is 2.14. The number of hydrogen-bond donors (Lipinski definition) is 1. The molecule has 0 radical (unpaired) electrons. The van der Waals surface area contributed by atoms with Crippen LogP contribution in [0.15, 0.2) is 12.1 Å². The van der Waals surface area contributed by atoms with Gasteiger partial charge in [-0.2, -0.15) is 0 Å². The predicted octanol–water partition coefficient (Wildman–Crippen LogP) is 1.63. The predicted molar refractivity (Wildman–Crippen MR) is 51.3 cm³/mol.